The van der Waals surface area contributed by atoms with Crippen molar-refractivity contribution >= 4 is 33.0 Å². The number of nitrogens with two attached hydrogens (primary N) is 1. The van der Waals surface area contributed by atoms with Crippen molar-refractivity contribution < 1.29 is 13.5 Å². The SMILES string of the molecule is CS(=O)(=O)Nc1cccc(CCl)c1.Nc1cccc(CO)c1. The normalized spacial score (nSPS) is 10.5. The smallest absolute Gasteiger partial charge is 0.229 e. The number of aliphatic hydroxyl groups is 1. The fraction of sp³-hybridized carbons (Fsp3) is 0.200. The molecule has 0 unspecified atom stereocenters. The minimum absolute atomic E-state index is 0.0606. The number of nitrogen functional groups attached to an aromatic ring is 1. The van der Waals surface area contributed by atoms with E-state index in [4.69, 9.17) is 22.4 Å². The number of rotatable bonds is 4. The fourth-order valence-corrected chi connectivity index (χ4v) is 2.34. The van der Waals surface area contributed by atoms with Gasteiger partial charge in [-0.1, -0.05) is 24.3 Å². The Labute approximate surface area is 135 Å². The molecule has 2 aromatic carbocycles. The van der Waals surface area contributed by atoms with Gasteiger partial charge in [-0.25, -0.2) is 8.42 Å². The molecule has 0 saturated heterocycles. The van der Waals surface area contributed by atoms with E-state index in [2.05, 4.69) is 4.72 Å². The summed E-state index contributed by atoms with van der Waals surface area (Å²) in [5.41, 5.74) is 8.40. The maximum atomic E-state index is 10.9. The van der Waals surface area contributed by atoms with Crippen molar-refractivity contribution in [2.45, 2.75) is 12.5 Å². The van der Waals surface area contributed by atoms with Crippen molar-refractivity contribution in [2.24, 2.45) is 0 Å². The lowest BCUT2D eigenvalue weighted by atomic mass is 10.2. The Morgan fingerprint density at radius 2 is 1.77 bits per heavy atom. The molecule has 2 aromatic rings. The third kappa shape index (κ3) is 7.31. The molecule has 0 heterocycles. The number of nitrogens with one attached hydrogen (secondary N) is 1. The second-order valence-corrected chi connectivity index (χ2v) is 6.63. The number of hydrogen-bond donors (Lipinski definition) is 3. The maximum absolute atomic E-state index is 10.9. The van der Waals surface area contributed by atoms with Gasteiger partial charge in [-0.3, -0.25) is 4.72 Å². The van der Waals surface area contributed by atoms with Gasteiger partial charge in [0.2, 0.25) is 10.0 Å². The first-order valence-electron chi connectivity index (χ1n) is 6.42. The molecular weight excluding hydrogens is 324 g/mol. The third-order valence-corrected chi connectivity index (χ3v) is 3.43. The Bertz CT molecular complexity index is 705. The molecular formula is C15H19ClN2O3S. The number of anilines is 2. The van der Waals surface area contributed by atoms with Crippen LogP contribution in [-0.2, 0) is 22.5 Å². The number of hydrogen-bond acceptors (Lipinski definition) is 4. The standard InChI is InChI=1S/C8H10ClNO2S.C7H9NO/c1-13(11,12)10-8-4-2-3-7(5-8)6-9;8-7-3-1-2-6(4-7)5-9/h2-5,10H,6H2,1H3;1-4,9H,5,8H2. The highest BCUT2D eigenvalue weighted by Crippen LogP contribution is 2.13. The summed E-state index contributed by atoms with van der Waals surface area (Å²) < 4.78 is 24.1. The van der Waals surface area contributed by atoms with E-state index in [-0.39, 0.29) is 6.61 Å². The zero-order chi connectivity index (χ0) is 16.6. The molecule has 0 spiro atoms. The summed E-state index contributed by atoms with van der Waals surface area (Å²) in [5.74, 6) is 0.374. The second-order valence-electron chi connectivity index (χ2n) is 4.61. The number of aliphatic hydroxyl groups excluding tert-OH is 1. The lowest BCUT2D eigenvalue weighted by Gasteiger charge is -2.04. The first-order chi connectivity index (χ1) is 10.3. The van der Waals surface area contributed by atoms with Gasteiger partial charge in [0.15, 0.2) is 0 Å². The molecule has 5 nitrogen and oxygen atoms in total. The highest BCUT2D eigenvalue weighted by atomic mass is 35.5. The van der Waals surface area contributed by atoms with Crippen LogP contribution < -0.4 is 10.5 Å². The third-order valence-electron chi connectivity index (χ3n) is 2.52. The average Bonchev–Trinajstić information content (AvgIpc) is 2.46. The lowest BCUT2D eigenvalue weighted by Crippen LogP contribution is -2.09. The molecule has 120 valence electrons. The minimum Gasteiger partial charge on any atom is -0.399 e. The van der Waals surface area contributed by atoms with Gasteiger partial charge < -0.3 is 10.8 Å². The Balaban J connectivity index is 0.000000235. The summed E-state index contributed by atoms with van der Waals surface area (Å²) in [6.45, 7) is 0.0606. The lowest BCUT2D eigenvalue weighted by molar-refractivity contribution is 0.282. The minimum atomic E-state index is -3.20. The summed E-state index contributed by atoms with van der Waals surface area (Å²) in [6.07, 6.45) is 1.11. The van der Waals surface area contributed by atoms with Crippen molar-refractivity contribution in [1.29, 1.82) is 0 Å². The molecule has 22 heavy (non-hydrogen) atoms. The highest BCUT2D eigenvalue weighted by Gasteiger charge is 2.01. The maximum Gasteiger partial charge on any atom is 0.229 e. The monoisotopic (exact) mass is 342 g/mol. The quantitative estimate of drug-likeness (QED) is 0.588. The van der Waals surface area contributed by atoms with Gasteiger partial charge >= 0.3 is 0 Å². The number of sulfonamides is 1. The van der Waals surface area contributed by atoms with E-state index in [0.29, 0.717) is 17.3 Å². The summed E-state index contributed by atoms with van der Waals surface area (Å²) in [5, 5.41) is 8.61. The second kappa shape index (κ2) is 8.63. The first-order valence-corrected chi connectivity index (χ1v) is 8.84. The molecule has 0 saturated carbocycles. The molecule has 0 aliphatic carbocycles. The van der Waals surface area contributed by atoms with Crippen LogP contribution >= 0.6 is 11.6 Å². The van der Waals surface area contributed by atoms with Crippen LogP contribution in [-0.4, -0.2) is 19.8 Å². The Morgan fingerprint density at radius 1 is 1.14 bits per heavy atom. The van der Waals surface area contributed by atoms with Crippen LogP contribution in [0.5, 0.6) is 0 Å². The van der Waals surface area contributed by atoms with Gasteiger partial charge in [-0.2, -0.15) is 0 Å². The van der Waals surface area contributed by atoms with Gasteiger partial charge in [-0.15, -0.1) is 11.6 Å². The number of benzene rings is 2. The summed E-state index contributed by atoms with van der Waals surface area (Å²) >= 11 is 5.59. The van der Waals surface area contributed by atoms with Crippen LogP contribution in [0.15, 0.2) is 48.5 Å². The van der Waals surface area contributed by atoms with E-state index < -0.39 is 10.0 Å². The molecule has 0 amide bonds. The number of alkyl halides is 1. The van der Waals surface area contributed by atoms with Crippen LogP contribution in [0.1, 0.15) is 11.1 Å². The summed E-state index contributed by atoms with van der Waals surface area (Å²) in [7, 11) is -3.20. The predicted octanol–water partition coefficient (Wildman–Crippen LogP) is 2.56. The Hall–Kier alpha value is -1.76. The fourth-order valence-electron chi connectivity index (χ4n) is 1.62. The Morgan fingerprint density at radius 3 is 2.27 bits per heavy atom. The highest BCUT2D eigenvalue weighted by molar-refractivity contribution is 7.92. The first kappa shape index (κ1) is 18.3. The van der Waals surface area contributed by atoms with E-state index >= 15 is 0 Å². The van der Waals surface area contributed by atoms with Crippen molar-refractivity contribution in [3.63, 3.8) is 0 Å². The Kier molecular flexibility index (Phi) is 7.17. The van der Waals surface area contributed by atoms with E-state index in [1.807, 2.05) is 18.2 Å². The molecule has 0 radical (unpaired) electrons. The van der Waals surface area contributed by atoms with Gasteiger partial charge in [-0.05, 0) is 35.4 Å². The molecule has 0 bridgehead atoms. The van der Waals surface area contributed by atoms with Crippen LogP contribution in [0.3, 0.4) is 0 Å². The van der Waals surface area contributed by atoms with Gasteiger partial charge in [0, 0.05) is 17.3 Å². The summed E-state index contributed by atoms with van der Waals surface area (Å²) in [6, 6.07) is 14.2. The molecule has 0 atom stereocenters. The van der Waals surface area contributed by atoms with Gasteiger partial charge in [0.05, 0.1) is 12.9 Å². The molecule has 0 fully saturated rings. The zero-order valence-electron chi connectivity index (χ0n) is 12.2. The van der Waals surface area contributed by atoms with Crippen LogP contribution in [0.25, 0.3) is 0 Å². The molecule has 0 aliphatic heterocycles. The van der Waals surface area contributed by atoms with Crippen LogP contribution in [0, 0.1) is 0 Å². The number of halogens is 1. The molecule has 0 aliphatic rings. The molecule has 2 rings (SSSR count). The molecule has 4 N–H and O–H groups in total. The van der Waals surface area contributed by atoms with Crippen molar-refractivity contribution in [2.75, 3.05) is 16.7 Å². The van der Waals surface area contributed by atoms with Crippen molar-refractivity contribution in [1.82, 2.24) is 0 Å². The molecule has 7 heteroatoms. The van der Waals surface area contributed by atoms with Crippen molar-refractivity contribution in [3.8, 4) is 0 Å². The van der Waals surface area contributed by atoms with E-state index in [1.54, 1.807) is 30.3 Å². The zero-order valence-corrected chi connectivity index (χ0v) is 13.7. The summed E-state index contributed by atoms with van der Waals surface area (Å²) in [4.78, 5) is 0. The topological polar surface area (TPSA) is 92.4 Å². The average molecular weight is 343 g/mol. The molecule has 0 aromatic heterocycles. The van der Waals surface area contributed by atoms with Crippen LogP contribution in [0.4, 0.5) is 11.4 Å². The van der Waals surface area contributed by atoms with E-state index in [1.165, 1.54) is 0 Å². The predicted molar refractivity (Wildman–Crippen MR) is 91.2 cm³/mol. The van der Waals surface area contributed by atoms with Gasteiger partial charge in [0.1, 0.15) is 0 Å². The van der Waals surface area contributed by atoms with E-state index in [0.717, 1.165) is 17.4 Å². The largest absolute Gasteiger partial charge is 0.399 e. The van der Waals surface area contributed by atoms with Crippen LogP contribution in [0.2, 0.25) is 0 Å². The van der Waals surface area contributed by atoms with Gasteiger partial charge in [0.25, 0.3) is 0 Å². The van der Waals surface area contributed by atoms with E-state index in [9.17, 15) is 8.42 Å². The van der Waals surface area contributed by atoms with Crippen molar-refractivity contribution in [3.05, 3.63) is 59.7 Å².